The number of aromatic nitrogens is 1. The minimum absolute atomic E-state index is 0.200. The quantitative estimate of drug-likeness (QED) is 0.260. The molecule has 0 aliphatic carbocycles. The van der Waals surface area contributed by atoms with E-state index < -0.39 is 29.4 Å². The van der Waals surface area contributed by atoms with Crippen molar-refractivity contribution in [2.75, 3.05) is 18.5 Å². The molecule has 0 saturated carbocycles. The van der Waals surface area contributed by atoms with Crippen molar-refractivity contribution in [1.82, 2.24) is 5.16 Å². The summed E-state index contributed by atoms with van der Waals surface area (Å²) in [6, 6.07) is 20.9. The lowest BCUT2D eigenvalue weighted by atomic mass is 9.74. The van der Waals surface area contributed by atoms with Gasteiger partial charge in [0.15, 0.2) is 5.76 Å². The molecule has 40 heavy (non-hydrogen) atoms. The SMILES string of the molecule is Cc1noc(-c2ccc(-c3ccc(C4(C(=O)O)CCOCC4)cc3)c(F)c2)c1NC(=O)O[C@H](C)c1ccccc1. The first kappa shape index (κ1) is 27.1. The maximum atomic E-state index is 15.4. The fraction of sp³-hybridized carbons (Fsp3) is 0.258. The summed E-state index contributed by atoms with van der Waals surface area (Å²) in [5.74, 6) is -1.20. The summed E-state index contributed by atoms with van der Waals surface area (Å²) < 4.78 is 31.7. The Balaban J connectivity index is 1.35. The van der Waals surface area contributed by atoms with Gasteiger partial charge in [0.2, 0.25) is 0 Å². The molecule has 1 aliphatic heterocycles. The average molecular weight is 545 g/mol. The van der Waals surface area contributed by atoms with Gasteiger partial charge in [-0.1, -0.05) is 71.9 Å². The predicted octanol–water partition coefficient (Wildman–Crippen LogP) is 6.90. The maximum absolute atomic E-state index is 15.4. The van der Waals surface area contributed by atoms with Crippen molar-refractivity contribution < 1.29 is 33.1 Å². The molecule has 5 rings (SSSR count). The first-order valence-electron chi connectivity index (χ1n) is 13.0. The van der Waals surface area contributed by atoms with E-state index in [4.69, 9.17) is 14.0 Å². The highest BCUT2D eigenvalue weighted by Crippen LogP contribution is 2.38. The topological polar surface area (TPSA) is 111 Å². The van der Waals surface area contributed by atoms with Crippen LogP contribution in [0.15, 0.2) is 77.3 Å². The second-order valence-electron chi connectivity index (χ2n) is 9.83. The molecular weight excluding hydrogens is 515 g/mol. The molecule has 206 valence electrons. The van der Waals surface area contributed by atoms with Crippen LogP contribution in [0.4, 0.5) is 14.9 Å². The van der Waals surface area contributed by atoms with Gasteiger partial charge in [-0.3, -0.25) is 10.1 Å². The van der Waals surface area contributed by atoms with E-state index in [-0.39, 0.29) is 11.4 Å². The fourth-order valence-electron chi connectivity index (χ4n) is 5.00. The van der Waals surface area contributed by atoms with Crippen LogP contribution >= 0.6 is 0 Å². The lowest BCUT2D eigenvalue weighted by Gasteiger charge is -2.33. The summed E-state index contributed by atoms with van der Waals surface area (Å²) in [5.41, 5.74) is 2.54. The van der Waals surface area contributed by atoms with E-state index in [2.05, 4.69) is 10.5 Å². The summed E-state index contributed by atoms with van der Waals surface area (Å²) in [7, 11) is 0. The Morgan fingerprint density at radius 3 is 2.35 bits per heavy atom. The first-order valence-corrected chi connectivity index (χ1v) is 13.0. The van der Waals surface area contributed by atoms with Crippen LogP contribution in [0.25, 0.3) is 22.5 Å². The van der Waals surface area contributed by atoms with E-state index in [1.807, 2.05) is 30.3 Å². The van der Waals surface area contributed by atoms with E-state index in [9.17, 15) is 14.7 Å². The Morgan fingerprint density at radius 2 is 1.70 bits per heavy atom. The van der Waals surface area contributed by atoms with Gasteiger partial charge in [-0.05, 0) is 49.4 Å². The minimum Gasteiger partial charge on any atom is -0.481 e. The molecule has 8 nitrogen and oxygen atoms in total. The Hall–Kier alpha value is -4.50. The molecule has 1 aromatic heterocycles. The number of halogens is 1. The third kappa shape index (κ3) is 5.33. The van der Waals surface area contributed by atoms with Gasteiger partial charge in [-0.25, -0.2) is 9.18 Å². The Bertz CT molecular complexity index is 1510. The number of carboxylic acid groups (broad SMARTS) is 1. The highest BCUT2D eigenvalue weighted by molar-refractivity contribution is 5.91. The smallest absolute Gasteiger partial charge is 0.412 e. The van der Waals surface area contributed by atoms with Crippen molar-refractivity contribution in [3.63, 3.8) is 0 Å². The van der Waals surface area contributed by atoms with Gasteiger partial charge < -0.3 is 19.1 Å². The van der Waals surface area contributed by atoms with E-state index >= 15 is 4.39 Å². The minimum atomic E-state index is -1.01. The second-order valence-corrected chi connectivity index (χ2v) is 9.83. The number of amides is 1. The number of hydrogen-bond acceptors (Lipinski definition) is 6. The van der Waals surface area contributed by atoms with Crippen LogP contribution in [0.1, 0.15) is 42.7 Å². The lowest BCUT2D eigenvalue weighted by molar-refractivity contribution is -0.147. The number of rotatable bonds is 7. The molecule has 1 saturated heterocycles. The number of carboxylic acids is 1. The van der Waals surface area contributed by atoms with Gasteiger partial charge in [0.05, 0.1) is 5.41 Å². The molecule has 1 atom stereocenters. The normalized spacial score (nSPS) is 15.3. The van der Waals surface area contributed by atoms with E-state index in [1.165, 1.54) is 6.07 Å². The van der Waals surface area contributed by atoms with Crippen LogP contribution in [-0.2, 0) is 19.7 Å². The Morgan fingerprint density at radius 1 is 1.02 bits per heavy atom. The monoisotopic (exact) mass is 544 g/mol. The number of nitrogens with one attached hydrogen (secondary N) is 1. The summed E-state index contributed by atoms with van der Waals surface area (Å²) in [6.45, 7) is 4.19. The lowest BCUT2D eigenvalue weighted by Crippen LogP contribution is -2.41. The highest BCUT2D eigenvalue weighted by Gasteiger charge is 2.41. The number of nitrogens with zero attached hydrogens (tertiary/aromatic N) is 1. The van der Waals surface area contributed by atoms with Gasteiger partial charge in [-0.15, -0.1) is 0 Å². The third-order valence-corrected chi connectivity index (χ3v) is 7.38. The Kier molecular flexibility index (Phi) is 7.66. The summed E-state index contributed by atoms with van der Waals surface area (Å²) in [6.07, 6.45) is -0.401. The molecule has 9 heteroatoms. The van der Waals surface area contributed by atoms with Gasteiger partial charge in [0.1, 0.15) is 23.3 Å². The first-order chi connectivity index (χ1) is 19.3. The molecule has 0 bridgehead atoms. The third-order valence-electron chi connectivity index (χ3n) is 7.38. The Labute approximate surface area is 230 Å². The van der Waals surface area contributed by atoms with Crippen molar-refractivity contribution in [3.8, 4) is 22.5 Å². The van der Waals surface area contributed by atoms with Crippen LogP contribution < -0.4 is 5.32 Å². The number of benzene rings is 3. The van der Waals surface area contributed by atoms with Crippen molar-refractivity contribution >= 4 is 17.7 Å². The number of carbonyl (C=O) groups is 2. The molecule has 1 fully saturated rings. The van der Waals surface area contributed by atoms with E-state index in [0.29, 0.717) is 54.0 Å². The number of hydrogen-bond donors (Lipinski definition) is 2. The number of ether oxygens (including phenoxy) is 2. The molecular formula is C31H29FN2O6. The molecule has 1 aliphatic rings. The number of anilines is 1. The molecule has 3 aromatic carbocycles. The summed E-state index contributed by atoms with van der Waals surface area (Å²) >= 11 is 0. The zero-order valence-corrected chi connectivity index (χ0v) is 22.1. The van der Waals surface area contributed by atoms with Gasteiger partial charge in [0.25, 0.3) is 0 Å². The molecule has 0 unspecified atom stereocenters. The van der Waals surface area contributed by atoms with Gasteiger partial charge >= 0.3 is 12.1 Å². The largest absolute Gasteiger partial charge is 0.481 e. The van der Waals surface area contributed by atoms with Gasteiger partial charge in [-0.2, -0.15) is 0 Å². The fourth-order valence-corrected chi connectivity index (χ4v) is 5.00. The average Bonchev–Trinajstić information content (AvgIpc) is 3.33. The highest BCUT2D eigenvalue weighted by atomic mass is 19.1. The predicted molar refractivity (Wildman–Crippen MR) is 146 cm³/mol. The molecule has 1 amide bonds. The zero-order valence-electron chi connectivity index (χ0n) is 22.1. The number of aliphatic carboxylic acids is 1. The van der Waals surface area contributed by atoms with Crippen LogP contribution in [0.5, 0.6) is 0 Å². The van der Waals surface area contributed by atoms with Crippen molar-refractivity contribution in [1.29, 1.82) is 0 Å². The number of aryl methyl sites for hydroxylation is 1. The van der Waals surface area contributed by atoms with Crippen LogP contribution in [0.2, 0.25) is 0 Å². The standard InChI is InChI=1S/C31H29FN2O6/c1-19-27(33-30(37)39-20(2)21-6-4-3-5-7-21)28(40-34-19)23-10-13-25(26(32)18-23)22-8-11-24(12-9-22)31(29(35)36)14-16-38-17-15-31/h3-13,18,20H,14-17H2,1-2H3,(H,33,37)(H,35,36)/t20-/m1/s1. The van der Waals surface area contributed by atoms with Crippen molar-refractivity contribution in [2.45, 2.75) is 38.2 Å². The van der Waals surface area contributed by atoms with E-state index in [0.717, 1.165) is 5.56 Å². The number of carbonyl (C=O) groups excluding carboxylic acids is 1. The van der Waals surface area contributed by atoms with Crippen molar-refractivity contribution in [3.05, 3.63) is 95.4 Å². The molecule has 0 spiro atoms. The summed E-state index contributed by atoms with van der Waals surface area (Å²) in [5, 5.41) is 16.5. The van der Waals surface area contributed by atoms with E-state index in [1.54, 1.807) is 50.2 Å². The molecule has 4 aromatic rings. The molecule has 2 heterocycles. The zero-order chi connectivity index (χ0) is 28.3. The van der Waals surface area contributed by atoms with Crippen LogP contribution in [-0.4, -0.2) is 35.5 Å². The molecule has 0 radical (unpaired) electrons. The van der Waals surface area contributed by atoms with Gasteiger partial charge in [0, 0.05) is 24.3 Å². The second kappa shape index (κ2) is 11.3. The van der Waals surface area contributed by atoms with Crippen LogP contribution in [0, 0.1) is 12.7 Å². The van der Waals surface area contributed by atoms with Crippen molar-refractivity contribution in [2.24, 2.45) is 0 Å². The molecule has 2 N–H and O–H groups in total. The van der Waals surface area contributed by atoms with Crippen LogP contribution in [0.3, 0.4) is 0 Å². The summed E-state index contributed by atoms with van der Waals surface area (Å²) in [4.78, 5) is 24.7. The maximum Gasteiger partial charge on any atom is 0.412 e.